The Morgan fingerprint density at radius 3 is 2.08 bits per heavy atom. The Morgan fingerprint density at radius 1 is 0.808 bits per heavy atom. The summed E-state index contributed by atoms with van der Waals surface area (Å²) in [6, 6.07) is 11.0. The van der Waals surface area contributed by atoms with Gasteiger partial charge in [0.1, 0.15) is 18.0 Å². The van der Waals surface area contributed by atoms with Gasteiger partial charge in [-0.1, -0.05) is 19.1 Å². The molecule has 2 aliphatic rings. The van der Waals surface area contributed by atoms with Crippen molar-refractivity contribution in [1.29, 1.82) is 0 Å². The second kappa shape index (κ2) is 7.52. The van der Waals surface area contributed by atoms with E-state index in [4.69, 9.17) is 0 Å². The van der Waals surface area contributed by atoms with E-state index < -0.39 is 0 Å². The molecule has 0 aliphatic carbocycles. The Labute approximate surface area is 156 Å². The summed E-state index contributed by atoms with van der Waals surface area (Å²) in [5, 5.41) is 0. The lowest BCUT2D eigenvalue weighted by molar-refractivity contribution is 0.436. The minimum atomic E-state index is 0.835. The first-order chi connectivity index (χ1) is 12.7. The average Bonchev–Trinajstić information content (AvgIpc) is 2.69. The van der Waals surface area contributed by atoms with Crippen molar-refractivity contribution >= 4 is 17.3 Å². The smallest absolute Gasteiger partial charge is 0.134 e. The summed E-state index contributed by atoms with van der Waals surface area (Å²) in [7, 11) is 0. The molecule has 2 saturated heterocycles. The number of hydrogen-bond donors (Lipinski definition) is 0. The molecule has 0 spiro atoms. The van der Waals surface area contributed by atoms with Gasteiger partial charge in [0.2, 0.25) is 0 Å². The molecule has 4 rings (SSSR count). The molecule has 0 saturated carbocycles. The normalized spacial score (nSPS) is 19.1. The molecule has 5 heteroatoms. The van der Waals surface area contributed by atoms with Crippen LogP contribution in [0.2, 0.25) is 0 Å². The zero-order valence-electron chi connectivity index (χ0n) is 15.9. The van der Waals surface area contributed by atoms with Crippen molar-refractivity contribution in [2.75, 3.05) is 54.0 Å². The molecule has 2 aromatic rings. The van der Waals surface area contributed by atoms with Crippen LogP contribution in [0.15, 0.2) is 36.7 Å². The number of aryl methyl sites for hydroxylation is 1. The molecule has 0 unspecified atom stereocenters. The molecule has 0 amide bonds. The monoisotopic (exact) mass is 351 g/mol. The minimum Gasteiger partial charge on any atom is -0.368 e. The van der Waals surface area contributed by atoms with Crippen molar-refractivity contribution in [3.8, 4) is 0 Å². The second-order valence-electron chi connectivity index (χ2n) is 7.72. The summed E-state index contributed by atoms with van der Waals surface area (Å²) in [4.78, 5) is 16.4. The highest BCUT2D eigenvalue weighted by atomic mass is 15.3. The highest BCUT2D eigenvalue weighted by Gasteiger charge is 2.21. The highest BCUT2D eigenvalue weighted by molar-refractivity contribution is 5.53. The molecule has 2 fully saturated rings. The number of aromatic nitrogens is 2. The van der Waals surface area contributed by atoms with Crippen molar-refractivity contribution in [1.82, 2.24) is 9.97 Å². The molecule has 5 nitrogen and oxygen atoms in total. The molecule has 0 bridgehead atoms. The van der Waals surface area contributed by atoms with E-state index in [2.05, 4.69) is 68.8 Å². The fraction of sp³-hybridized carbons (Fsp3) is 0.524. The average molecular weight is 351 g/mol. The van der Waals surface area contributed by atoms with Crippen LogP contribution in [-0.4, -0.2) is 49.2 Å². The van der Waals surface area contributed by atoms with Crippen LogP contribution in [0.25, 0.3) is 0 Å². The van der Waals surface area contributed by atoms with Crippen LogP contribution in [0.3, 0.4) is 0 Å². The summed E-state index contributed by atoms with van der Waals surface area (Å²) >= 11 is 0. The molecule has 26 heavy (non-hydrogen) atoms. The summed E-state index contributed by atoms with van der Waals surface area (Å²) < 4.78 is 0. The van der Waals surface area contributed by atoms with Crippen LogP contribution in [0.4, 0.5) is 17.3 Å². The summed E-state index contributed by atoms with van der Waals surface area (Å²) in [5.41, 5.74) is 2.65. The molecule has 0 atom stereocenters. The lowest BCUT2D eigenvalue weighted by Crippen LogP contribution is -2.47. The van der Waals surface area contributed by atoms with Crippen molar-refractivity contribution in [3.63, 3.8) is 0 Å². The van der Waals surface area contributed by atoms with Gasteiger partial charge in [-0.3, -0.25) is 0 Å². The Bertz CT molecular complexity index is 731. The fourth-order valence-electron chi connectivity index (χ4n) is 3.94. The zero-order valence-corrected chi connectivity index (χ0v) is 15.9. The summed E-state index contributed by atoms with van der Waals surface area (Å²) in [6.07, 6.45) is 4.25. The maximum Gasteiger partial charge on any atom is 0.134 e. The van der Waals surface area contributed by atoms with Crippen LogP contribution >= 0.6 is 0 Å². The van der Waals surface area contributed by atoms with Crippen LogP contribution < -0.4 is 14.7 Å². The van der Waals surface area contributed by atoms with Crippen molar-refractivity contribution in [2.24, 2.45) is 5.92 Å². The van der Waals surface area contributed by atoms with Crippen LogP contribution in [0, 0.1) is 12.8 Å². The number of anilines is 3. The predicted molar refractivity (Wildman–Crippen MR) is 108 cm³/mol. The quantitative estimate of drug-likeness (QED) is 0.847. The maximum atomic E-state index is 4.55. The largest absolute Gasteiger partial charge is 0.368 e. The molecule has 3 heterocycles. The Morgan fingerprint density at radius 2 is 1.42 bits per heavy atom. The van der Waals surface area contributed by atoms with E-state index in [0.717, 1.165) is 56.8 Å². The minimum absolute atomic E-state index is 0.835. The summed E-state index contributed by atoms with van der Waals surface area (Å²) in [5.74, 6) is 2.99. The van der Waals surface area contributed by atoms with E-state index >= 15 is 0 Å². The first-order valence-corrected chi connectivity index (χ1v) is 9.82. The standard InChI is InChI=1S/C21H29N5/c1-17-6-8-25(9-7-17)20-15-21(23-16-22-20)26-12-10-24(11-13-26)19-5-3-4-18(2)14-19/h3-5,14-17H,6-13H2,1-2H3. The van der Waals surface area contributed by atoms with Crippen molar-refractivity contribution in [3.05, 3.63) is 42.2 Å². The van der Waals surface area contributed by atoms with E-state index in [9.17, 15) is 0 Å². The molecular formula is C21H29N5. The molecule has 1 aromatic heterocycles. The number of rotatable bonds is 3. The number of piperazine rings is 1. The topological polar surface area (TPSA) is 35.5 Å². The highest BCUT2D eigenvalue weighted by Crippen LogP contribution is 2.25. The molecule has 0 N–H and O–H groups in total. The van der Waals surface area contributed by atoms with Crippen LogP contribution in [0.5, 0.6) is 0 Å². The van der Waals surface area contributed by atoms with E-state index in [-0.39, 0.29) is 0 Å². The van der Waals surface area contributed by atoms with Gasteiger partial charge in [-0.15, -0.1) is 0 Å². The second-order valence-corrected chi connectivity index (χ2v) is 7.72. The Hall–Kier alpha value is -2.30. The van der Waals surface area contributed by atoms with Gasteiger partial charge in [0.15, 0.2) is 0 Å². The van der Waals surface area contributed by atoms with Gasteiger partial charge in [0.25, 0.3) is 0 Å². The first kappa shape index (κ1) is 17.1. The zero-order chi connectivity index (χ0) is 17.9. The molecule has 138 valence electrons. The van der Waals surface area contributed by atoms with Gasteiger partial charge < -0.3 is 14.7 Å². The summed E-state index contributed by atoms with van der Waals surface area (Å²) in [6.45, 7) is 10.8. The Balaban J connectivity index is 1.41. The van der Waals surface area contributed by atoms with Crippen LogP contribution in [0.1, 0.15) is 25.3 Å². The number of benzene rings is 1. The van der Waals surface area contributed by atoms with Crippen LogP contribution in [-0.2, 0) is 0 Å². The number of hydrogen-bond acceptors (Lipinski definition) is 5. The Kier molecular flexibility index (Phi) is 4.96. The number of piperidine rings is 1. The van der Waals surface area contributed by atoms with E-state index in [1.807, 2.05) is 0 Å². The van der Waals surface area contributed by atoms with Gasteiger partial charge in [-0.25, -0.2) is 9.97 Å². The fourth-order valence-corrected chi connectivity index (χ4v) is 3.94. The lowest BCUT2D eigenvalue weighted by Gasteiger charge is -2.37. The van der Waals surface area contributed by atoms with Gasteiger partial charge in [-0.2, -0.15) is 0 Å². The van der Waals surface area contributed by atoms with Crippen molar-refractivity contribution in [2.45, 2.75) is 26.7 Å². The van der Waals surface area contributed by atoms with Crippen molar-refractivity contribution < 1.29 is 0 Å². The van der Waals surface area contributed by atoms with Gasteiger partial charge >= 0.3 is 0 Å². The van der Waals surface area contributed by atoms with E-state index in [1.54, 1.807) is 6.33 Å². The first-order valence-electron chi connectivity index (χ1n) is 9.82. The third-order valence-electron chi connectivity index (χ3n) is 5.72. The van der Waals surface area contributed by atoms with E-state index in [1.165, 1.54) is 24.1 Å². The SMILES string of the molecule is Cc1cccc(N2CCN(c3cc(N4CCC(C)CC4)ncn3)CC2)c1. The number of nitrogens with zero attached hydrogens (tertiary/aromatic N) is 5. The molecule has 1 aromatic carbocycles. The molecular weight excluding hydrogens is 322 g/mol. The van der Waals surface area contributed by atoms with Gasteiger partial charge in [-0.05, 0) is 43.4 Å². The maximum absolute atomic E-state index is 4.55. The third kappa shape index (κ3) is 3.76. The van der Waals surface area contributed by atoms with Gasteiger partial charge in [0, 0.05) is 51.0 Å². The van der Waals surface area contributed by atoms with Gasteiger partial charge in [0.05, 0.1) is 0 Å². The lowest BCUT2D eigenvalue weighted by atomic mass is 9.99. The molecule has 2 aliphatic heterocycles. The van der Waals surface area contributed by atoms with E-state index in [0.29, 0.717) is 0 Å². The molecule has 0 radical (unpaired) electrons. The predicted octanol–water partition coefficient (Wildman–Crippen LogP) is 3.35. The third-order valence-corrected chi connectivity index (χ3v) is 5.72.